The van der Waals surface area contributed by atoms with Crippen LogP contribution in [0.25, 0.3) is 33.0 Å². The third kappa shape index (κ3) is 3.77. The molecule has 5 aromatic rings. The van der Waals surface area contributed by atoms with Crippen LogP contribution in [0.4, 0.5) is 0 Å². The molecule has 0 amide bonds. The summed E-state index contributed by atoms with van der Waals surface area (Å²) >= 11 is 1.61. The van der Waals surface area contributed by atoms with Gasteiger partial charge in [0, 0.05) is 29.7 Å². The Morgan fingerprint density at radius 3 is 2.43 bits per heavy atom. The van der Waals surface area contributed by atoms with Gasteiger partial charge in [-0.15, -0.1) is 10.2 Å². The molecule has 0 spiro atoms. The van der Waals surface area contributed by atoms with E-state index in [4.69, 9.17) is 5.10 Å². The van der Waals surface area contributed by atoms with Crippen LogP contribution in [0.1, 0.15) is 10.6 Å². The van der Waals surface area contributed by atoms with Gasteiger partial charge in [-0.1, -0.05) is 53.8 Å². The van der Waals surface area contributed by atoms with Gasteiger partial charge in [0.25, 0.3) is 0 Å². The van der Waals surface area contributed by atoms with Crippen LogP contribution in [0.5, 0.6) is 0 Å². The first-order valence-electron chi connectivity index (χ1n) is 9.69. The van der Waals surface area contributed by atoms with Crippen LogP contribution >= 0.6 is 11.3 Å². The molecule has 0 aliphatic rings. The first-order valence-corrected chi connectivity index (χ1v) is 10.5. The number of benzene rings is 2. The predicted molar refractivity (Wildman–Crippen MR) is 120 cm³/mol. The van der Waals surface area contributed by atoms with E-state index >= 15 is 0 Å². The summed E-state index contributed by atoms with van der Waals surface area (Å²) in [7, 11) is 0. The Labute approximate surface area is 178 Å². The fourth-order valence-electron chi connectivity index (χ4n) is 3.45. The first kappa shape index (κ1) is 18.4. The number of hydrogen-bond acceptors (Lipinski definition) is 5. The number of aryl methyl sites for hydroxylation is 1. The quantitative estimate of drug-likeness (QED) is 0.385. The molecule has 3 heterocycles. The summed E-state index contributed by atoms with van der Waals surface area (Å²) in [5, 5.41) is 15.2. The normalized spacial score (nSPS) is 11.0. The average molecular weight is 410 g/mol. The Morgan fingerprint density at radius 2 is 1.63 bits per heavy atom. The second kappa shape index (κ2) is 8.00. The summed E-state index contributed by atoms with van der Waals surface area (Å²) in [4.78, 5) is 4.07. The molecule has 5 nitrogen and oxygen atoms in total. The summed E-state index contributed by atoms with van der Waals surface area (Å²) < 4.78 is 1.95. The van der Waals surface area contributed by atoms with Gasteiger partial charge < -0.3 is 0 Å². The minimum Gasteiger partial charge on any atom is -0.268 e. The summed E-state index contributed by atoms with van der Waals surface area (Å²) in [5.41, 5.74) is 6.60. The largest absolute Gasteiger partial charge is 0.268 e. The van der Waals surface area contributed by atoms with Crippen LogP contribution in [0.2, 0.25) is 0 Å². The van der Waals surface area contributed by atoms with Crippen LogP contribution in [0.15, 0.2) is 85.3 Å². The van der Waals surface area contributed by atoms with Gasteiger partial charge in [0.05, 0.1) is 12.2 Å². The van der Waals surface area contributed by atoms with Crippen LogP contribution in [-0.2, 0) is 6.54 Å². The third-order valence-corrected chi connectivity index (χ3v) is 5.76. The molecule has 6 heteroatoms. The average Bonchev–Trinajstić information content (AvgIpc) is 3.44. The second-order valence-electron chi connectivity index (χ2n) is 7.01. The molecule has 0 aliphatic heterocycles. The molecule has 5 rings (SSSR count). The molecular weight excluding hydrogens is 390 g/mol. The maximum Gasteiger partial charge on any atom is 0.148 e. The van der Waals surface area contributed by atoms with Crippen LogP contribution in [-0.4, -0.2) is 25.0 Å². The smallest absolute Gasteiger partial charge is 0.148 e. The van der Waals surface area contributed by atoms with Gasteiger partial charge in [-0.05, 0) is 47.9 Å². The van der Waals surface area contributed by atoms with Crippen molar-refractivity contribution < 1.29 is 0 Å². The highest BCUT2D eigenvalue weighted by Crippen LogP contribution is 2.35. The predicted octanol–water partition coefficient (Wildman–Crippen LogP) is 5.49. The molecule has 30 heavy (non-hydrogen) atoms. The van der Waals surface area contributed by atoms with Gasteiger partial charge in [0.2, 0.25) is 0 Å². The molecule has 0 unspecified atom stereocenters. The zero-order chi connectivity index (χ0) is 20.3. The number of hydrogen-bond donors (Lipinski definition) is 0. The van der Waals surface area contributed by atoms with Crippen molar-refractivity contribution in [3.05, 3.63) is 95.9 Å². The molecule has 0 atom stereocenters. The monoisotopic (exact) mass is 409 g/mol. The molecule has 0 saturated heterocycles. The van der Waals surface area contributed by atoms with E-state index in [0.29, 0.717) is 0 Å². The van der Waals surface area contributed by atoms with Crippen LogP contribution in [0.3, 0.4) is 0 Å². The molecule has 0 bridgehead atoms. The van der Waals surface area contributed by atoms with Gasteiger partial charge >= 0.3 is 0 Å². The van der Waals surface area contributed by atoms with E-state index in [1.165, 1.54) is 5.56 Å². The standard InChI is InChI=1S/C24H19N5S/c1-17-26-27-24(30-17)22-8-3-2-7-21(22)19-5-4-6-20(15-19)23-11-14-29(28-23)16-18-9-12-25-13-10-18/h2-15H,16H2,1H3. The molecule has 0 aliphatic carbocycles. The van der Waals surface area contributed by atoms with Crippen molar-refractivity contribution in [2.45, 2.75) is 13.5 Å². The number of pyridine rings is 1. The van der Waals surface area contributed by atoms with Crippen LogP contribution in [0, 0.1) is 6.92 Å². The molecule has 2 aromatic carbocycles. The lowest BCUT2D eigenvalue weighted by Crippen LogP contribution is -2.00. The lowest BCUT2D eigenvalue weighted by atomic mass is 9.97. The lowest BCUT2D eigenvalue weighted by Gasteiger charge is -2.08. The van der Waals surface area contributed by atoms with E-state index in [9.17, 15) is 0 Å². The lowest BCUT2D eigenvalue weighted by molar-refractivity contribution is 0.688. The Balaban J connectivity index is 1.48. The first-order chi connectivity index (χ1) is 14.8. The Hall–Kier alpha value is -3.64. The minimum atomic E-state index is 0.724. The van der Waals surface area contributed by atoms with Gasteiger partial charge in [0.1, 0.15) is 10.0 Å². The number of nitrogens with zero attached hydrogens (tertiary/aromatic N) is 5. The SMILES string of the molecule is Cc1nnc(-c2ccccc2-c2cccc(-c3ccn(Cc4ccncc4)n3)c2)s1. The summed E-state index contributed by atoms with van der Waals surface area (Å²) in [6.07, 6.45) is 5.63. The van der Waals surface area contributed by atoms with Crippen molar-refractivity contribution in [3.63, 3.8) is 0 Å². The van der Waals surface area contributed by atoms with Gasteiger partial charge in [-0.2, -0.15) is 5.10 Å². The van der Waals surface area contributed by atoms with Gasteiger partial charge in [-0.25, -0.2) is 0 Å². The molecule has 0 fully saturated rings. The molecule has 146 valence electrons. The Morgan fingerprint density at radius 1 is 0.833 bits per heavy atom. The van der Waals surface area contributed by atoms with E-state index in [2.05, 4.69) is 63.7 Å². The van der Waals surface area contributed by atoms with Crippen molar-refractivity contribution in [2.75, 3.05) is 0 Å². The fraction of sp³-hybridized carbons (Fsp3) is 0.0833. The van der Waals surface area contributed by atoms with E-state index in [-0.39, 0.29) is 0 Å². The minimum absolute atomic E-state index is 0.724. The molecule has 3 aromatic heterocycles. The van der Waals surface area contributed by atoms with E-state index in [1.807, 2.05) is 36.0 Å². The van der Waals surface area contributed by atoms with E-state index < -0.39 is 0 Å². The zero-order valence-corrected chi connectivity index (χ0v) is 17.3. The Kier molecular flexibility index (Phi) is 4.91. The highest BCUT2D eigenvalue weighted by atomic mass is 32.1. The highest BCUT2D eigenvalue weighted by Gasteiger charge is 2.12. The topological polar surface area (TPSA) is 56.5 Å². The highest BCUT2D eigenvalue weighted by molar-refractivity contribution is 7.14. The molecular formula is C24H19N5S. The van der Waals surface area contributed by atoms with Crippen molar-refractivity contribution in [1.82, 2.24) is 25.0 Å². The van der Waals surface area contributed by atoms with E-state index in [1.54, 1.807) is 23.7 Å². The maximum absolute atomic E-state index is 4.77. The van der Waals surface area contributed by atoms with Crippen molar-refractivity contribution in [2.24, 2.45) is 0 Å². The second-order valence-corrected chi connectivity index (χ2v) is 8.19. The third-order valence-electron chi connectivity index (χ3n) is 4.89. The molecule has 0 N–H and O–H groups in total. The molecule has 0 saturated carbocycles. The molecule has 0 radical (unpaired) electrons. The van der Waals surface area contributed by atoms with Crippen LogP contribution < -0.4 is 0 Å². The van der Waals surface area contributed by atoms with E-state index in [0.717, 1.165) is 44.5 Å². The van der Waals surface area contributed by atoms with Crippen molar-refractivity contribution in [1.29, 1.82) is 0 Å². The summed E-state index contributed by atoms with van der Waals surface area (Å²) in [5.74, 6) is 0. The van der Waals surface area contributed by atoms with Gasteiger partial charge in [0.15, 0.2) is 0 Å². The maximum atomic E-state index is 4.77. The summed E-state index contributed by atoms with van der Waals surface area (Å²) in [6.45, 7) is 2.70. The zero-order valence-electron chi connectivity index (χ0n) is 16.4. The fourth-order valence-corrected chi connectivity index (χ4v) is 4.18. The number of rotatable bonds is 5. The Bertz CT molecular complexity index is 1290. The van der Waals surface area contributed by atoms with Crippen molar-refractivity contribution >= 4 is 11.3 Å². The number of aromatic nitrogens is 5. The van der Waals surface area contributed by atoms with Crippen molar-refractivity contribution in [3.8, 4) is 33.0 Å². The van der Waals surface area contributed by atoms with Gasteiger partial charge in [-0.3, -0.25) is 9.67 Å². The summed E-state index contributed by atoms with van der Waals surface area (Å²) in [6, 6.07) is 22.9.